The van der Waals surface area contributed by atoms with Crippen molar-refractivity contribution in [2.24, 2.45) is 0 Å². The van der Waals surface area contributed by atoms with Gasteiger partial charge in [-0.2, -0.15) is 0 Å². The van der Waals surface area contributed by atoms with Gasteiger partial charge in [-0.15, -0.1) is 0 Å². The van der Waals surface area contributed by atoms with Crippen molar-refractivity contribution in [2.75, 3.05) is 0 Å². The maximum atomic E-state index is 6.43. The zero-order chi connectivity index (χ0) is 26.9. The summed E-state index contributed by atoms with van der Waals surface area (Å²) in [4.78, 5) is 0. The van der Waals surface area contributed by atoms with Crippen molar-refractivity contribution in [3.8, 4) is 33.4 Å². The molecule has 0 radical (unpaired) electrons. The molecular weight excluding hydrogens is 496 g/mol. The second-order valence-electron chi connectivity index (χ2n) is 11.1. The van der Waals surface area contributed by atoms with Gasteiger partial charge in [0.2, 0.25) is 0 Å². The summed E-state index contributed by atoms with van der Waals surface area (Å²) < 4.78 is 6.43. The van der Waals surface area contributed by atoms with E-state index >= 15 is 0 Å². The van der Waals surface area contributed by atoms with E-state index in [0.29, 0.717) is 0 Å². The van der Waals surface area contributed by atoms with Crippen LogP contribution in [0.1, 0.15) is 11.3 Å². The van der Waals surface area contributed by atoms with Crippen molar-refractivity contribution in [1.82, 2.24) is 0 Å². The molecule has 1 aromatic heterocycles. The Kier molecular flexibility index (Phi) is 4.80. The van der Waals surface area contributed by atoms with Crippen molar-refractivity contribution in [3.05, 3.63) is 145 Å². The van der Waals surface area contributed by atoms with Gasteiger partial charge < -0.3 is 4.42 Å². The highest BCUT2D eigenvalue weighted by atomic mass is 16.3. The van der Waals surface area contributed by atoms with Crippen LogP contribution in [0.4, 0.5) is 0 Å². The molecule has 41 heavy (non-hydrogen) atoms. The zero-order valence-corrected chi connectivity index (χ0v) is 22.5. The van der Waals surface area contributed by atoms with Gasteiger partial charge in [0.25, 0.3) is 0 Å². The number of fused-ring (bicyclic) bond motifs is 8. The third-order valence-electron chi connectivity index (χ3n) is 8.95. The number of furan rings is 1. The van der Waals surface area contributed by atoms with Gasteiger partial charge in [0.1, 0.15) is 11.3 Å². The quantitative estimate of drug-likeness (QED) is 0.206. The first-order valence-electron chi connectivity index (χ1n) is 14.4. The molecule has 1 heterocycles. The Labute approximate surface area is 238 Å². The summed E-state index contributed by atoms with van der Waals surface area (Å²) in [5, 5.41) is 8.84. The maximum absolute atomic E-state index is 6.43. The van der Waals surface area contributed by atoms with E-state index in [-0.39, 0.29) is 0 Å². The molecule has 0 unspecified atom stereocenters. The number of benzene rings is 7. The molecule has 1 heteroatoms. The lowest BCUT2D eigenvalue weighted by Gasteiger charge is -2.19. The summed E-state index contributed by atoms with van der Waals surface area (Å²) in [6.07, 6.45) is 1.97. The van der Waals surface area contributed by atoms with Crippen molar-refractivity contribution < 1.29 is 4.42 Å². The molecule has 0 N–H and O–H groups in total. The van der Waals surface area contributed by atoms with Crippen LogP contribution in [0.25, 0.3) is 76.7 Å². The molecule has 192 valence electrons. The van der Waals surface area contributed by atoms with E-state index in [9.17, 15) is 0 Å². The van der Waals surface area contributed by atoms with E-state index in [2.05, 4.69) is 133 Å². The number of rotatable bonds is 2. The van der Waals surface area contributed by atoms with E-state index in [1.807, 2.05) is 0 Å². The van der Waals surface area contributed by atoms with Crippen LogP contribution in [0.2, 0.25) is 0 Å². The van der Waals surface area contributed by atoms with Gasteiger partial charge in [0.05, 0.1) is 0 Å². The van der Waals surface area contributed by atoms with E-state index < -0.39 is 0 Å². The fraction of sp³-hybridized carbons (Fsp3) is 0.0500. The average Bonchev–Trinajstić information content (AvgIpc) is 3.42. The molecule has 0 saturated heterocycles. The van der Waals surface area contributed by atoms with Crippen LogP contribution in [0.15, 0.2) is 138 Å². The van der Waals surface area contributed by atoms with Gasteiger partial charge in [-0.05, 0) is 84.3 Å². The Morgan fingerprint density at radius 3 is 1.80 bits per heavy atom. The lowest BCUT2D eigenvalue weighted by Crippen LogP contribution is -2.01. The first-order chi connectivity index (χ1) is 20.3. The third kappa shape index (κ3) is 3.30. The summed E-state index contributed by atoms with van der Waals surface area (Å²) in [6, 6.07) is 48.8. The van der Waals surface area contributed by atoms with Crippen LogP contribution >= 0.6 is 0 Å². The van der Waals surface area contributed by atoms with Crippen LogP contribution in [-0.4, -0.2) is 0 Å². The number of hydrogen-bond donors (Lipinski definition) is 0. The molecular formula is C40H26O. The highest BCUT2D eigenvalue weighted by molar-refractivity contribution is 6.23. The van der Waals surface area contributed by atoms with E-state index in [1.54, 1.807) is 0 Å². The van der Waals surface area contributed by atoms with Gasteiger partial charge in [-0.1, -0.05) is 121 Å². The standard InChI is InChI=1S/C40H26O/c1-3-13-28-25(10-1)12-9-19-30(28)39-33-17-7-5-15-31(33)38(32-16-6-8-18-34(32)39)27-21-22-36-35(24-27)40-29-14-4-2-11-26(29)20-23-37(40)41-36/h1-19,21-22,24H,20,23H2. The number of hydrogen-bond acceptors (Lipinski definition) is 1. The topological polar surface area (TPSA) is 13.1 Å². The minimum atomic E-state index is 0.946. The van der Waals surface area contributed by atoms with Crippen molar-refractivity contribution >= 4 is 43.3 Å². The molecule has 0 aliphatic heterocycles. The summed E-state index contributed by atoms with van der Waals surface area (Å²) in [7, 11) is 0. The van der Waals surface area contributed by atoms with Crippen LogP contribution in [-0.2, 0) is 12.8 Å². The van der Waals surface area contributed by atoms with Gasteiger partial charge in [0.15, 0.2) is 0 Å². The van der Waals surface area contributed by atoms with Crippen LogP contribution in [0.5, 0.6) is 0 Å². The molecule has 1 aliphatic carbocycles. The molecule has 0 atom stereocenters. The van der Waals surface area contributed by atoms with Crippen molar-refractivity contribution in [2.45, 2.75) is 12.8 Å². The maximum Gasteiger partial charge on any atom is 0.134 e. The van der Waals surface area contributed by atoms with Crippen molar-refractivity contribution in [3.63, 3.8) is 0 Å². The predicted octanol–water partition coefficient (Wildman–Crippen LogP) is 11.0. The van der Waals surface area contributed by atoms with Gasteiger partial charge in [0, 0.05) is 17.4 Å². The minimum absolute atomic E-state index is 0.946. The molecule has 1 aliphatic rings. The fourth-order valence-corrected chi connectivity index (χ4v) is 7.18. The molecule has 8 aromatic rings. The normalized spacial score (nSPS) is 12.7. The molecule has 0 fully saturated rings. The molecule has 0 spiro atoms. The minimum Gasteiger partial charge on any atom is -0.460 e. The summed E-state index contributed by atoms with van der Waals surface area (Å²) in [5.74, 6) is 1.11. The second-order valence-corrected chi connectivity index (χ2v) is 11.1. The molecule has 9 rings (SSSR count). The molecule has 1 nitrogen and oxygen atoms in total. The van der Waals surface area contributed by atoms with Crippen molar-refractivity contribution in [1.29, 1.82) is 0 Å². The van der Waals surface area contributed by atoms with Gasteiger partial charge >= 0.3 is 0 Å². The Hall–Kier alpha value is -5.14. The van der Waals surface area contributed by atoms with Gasteiger partial charge in [-0.25, -0.2) is 0 Å². The first-order valence-corrected chi connectivity index (χ1v) is 14.4. The van der Waals surface area contributed by atoms with E-state index in [0.717, 1.165) is 24.2 Å². The lowest BCUT2D eigenvalue weighted by atomic mass is 9.84. The predicted molar refractivity (Wildman–Crippen MR) is 172 cm³/mol. The Balaban J connectivity index is 1.38. The Bertz CT molecular complexity index is 2250. The second kappa shape index (κ2) is 8.68. The summed E-state index contributed by atoms with van der Waals surface area (Å²) >= 11 is 0. The number of aryl methyl sites for hydroxylation is 2. The van der Waals surface area contributed by atoms with Gasteiger partial charge in [-0.3, -0.25) is 0 Å². The summed E-state index contributed by atoms with van der Waals surface area (Å²) in [5.41, 5.74) is 10.0. The summed E-state index contributed by atoms with van der Waals surface area (Å²) in [6.45, 7) is 0. The smallest absolute Gasteiger partial charge is 0.134 e. The lowest BCUT2D eigenvalue weighted by molar-refractivity contribution is 0.546. The van der Waals surface area contributed by atoms with Crippen LogP contribution < -0.4 is 0 Å². The SMILES string of the molecule is c1ccc2c(c1)CCc1oc3ccc(-c4c5ccccc5c(-c5cccc6ccccc56)c5ccccc45)cc3c1-2. The average molecular weight is 523 g/mol. The first kappa shape index (κ1) is 22.7. The molecule has 0 saturated carbocycles. The molecule has 7 aromatic carbocycles. The van der Waals surface area contributed by atoms with Crippen LogP contribution in [0.3, 0.4) is 0 Å². The Morgan fingerprint density at radius 1 is 0.415 bits per heavy atom. The highest BCUT2D eigenvalue weighted by Crippen LogP contribution is 2.47. The Morgan fingerprint density at radius 2 is 1.02 bits per heavy atom. The largest absolute Gasteiger partial charge is 0.460 e. The third-order valence-corrected chi connectivity index (χ3v) is 8.95. The highest BCUT2D eigenvalue weighted by Gasteiger charge is 2.24. The molecule has 0 bridgehead atoms. The van der Waals surface area contributed by atoms with E-state index in [1.165, 1.54) is 76.6 Å². The molecule has 0 amide bonds. The van der Waals surface area contributed by atoms with E-state index in [4.69, 9.17) is 4.42 Å². The van der Waals surface area contributed by atoms with Crippen LogP contribution in [0, 0.1) is 0 Å². The monoisotopic (exact) mass is 522 g/mol. The fourth-order valence-electron chi connectivity index (χ4n) is 7.18. The zero-order valence-electron chi connectivity index (χ0n) is 22.5.